The fourth-order valence-corrected chi connectivity index (χ4v) is 3.95. The molecule has 0 aliphatic carbocycles. The van der Waals surface area contributed by atoms with Crippen molar-refractivity contribution in [3.63, 3.8) is 0 Å². The lowest BCUT2D eigenvalue weighted by molar-refractivity contribution is 0.101. The Kier molecular flexibility index (Phi) is 5.13. The van der Waals surface area contributed by atoms with Crippen LogP contribution in [0.25, 0.3) is 0 Å². The first-order valence-corrected chi connectivity index (χ1v) is 8.72. The molecule has 1 aliphatic rings. The molecule has 6 heteroatoms. The number of hydrogen-bond donors (Lipinski definition) is 2. The normalized spacial score (nSPS) is 21.0. The molecule has 1 saturated heterocycles. The van der Waals surface area contributed by atoms with Gasteiger partial charge in [0.25, 0.3) is 0 Å². The van der Waals surface area contributed by atoms with Crippen molar-refractivity contribution in [2.45, 2.75) is 37.6 Å². The number of sulfonamides is 1. The van der Waals surface area contributed by atoms with E-state index in [2.05, 4.69) is 10.0 Å². The van der Waals surface area contributed by atoms with Gasteiger partial charge in [0.05, 0.1) is 4.90 Å². The van der Waals surface area contributed by atoms with Crippen LogP contribution in [-0.4, -0.2) is 33.3 Å². The second-order valence-electron chi connectivity index (χ2n) is 5.60. The molecule has 0 spiro atoms. The molecule has 0 bridgehead atoms. The van der Waals surface area contributed by atoms with Gasteiger partial charge in [-0.25, -0.2) is 13.1 Å². The van der Waals surface area contributed by atoms with Crippen molar-refractivity contribution in [3.05, 3.63) is 29.8 Å². The molecule has 2 N–H and O–H groups in total. The summed E-state index contributed by atoms with van der Waals surface area (Å²) in [6, 6.07) is 6.02. The molecule has 21 heavy (non-hydrogen) atoms. The number of nitrogens with one attached hydrogen (secondary N) is 2. The van der Waals surface area contributed by atoms with Crippen molar-refractivity contribution in [1.29, 1.82) is 0 Å². The van der Waals surface area contributed by atoms with E-state index in [-0.39, 0.29) is 16.7 Å². The van der Waals surface area contributed by atoms with E-state index in [4.69, 9.17) is 0 Å². The zero-order valence-electron chi connectivity index (χ0n) is 12.4. The highest BCUT2D eigenvalue weighted by Gasteiger charge is 2.25. The van der Waals surface area contributed by atoms with Crippen LogP contribution in [0.3, 0.4) is 0 Å². The van der Waals surface area contributed by atoms with Gasteiger partial charge >= 0.3 is 0 Å². The van der Waals surface area contributed by atoms with E-state index in [0.717, 1.165) is 25.9 Å². The summed E-state index contributed by atoms with van der Waals surface area (Å²) in [6.45, 7) is 5.15. The maximum atomic E-state index is 12.4. The first-order chi connectivity index (χ1) is 9.90. The van der Waals surface area contributed by atoms with Gasteiger partial charge in [-0.3, -0.25) is 4.79 Å². The van der Waals surface area contributed by atoms with E-state index in [1.807, 2.05) is 6.92 Å². The van der Waals surface area contributed by atoms with Crippen molar-refractivity contribution in [2.75, 3.05) is 13.1 Å². The Morgan fingerprint density at radius 1 is 1.43 bits per heavy atom. The molecular formula is C15H22N2O3S. The van der Waals surface area contributed by atoms with Gasteiger partial charge in [0.15, 0.2) is 5.78 Å². The number of hydrogen-bond acceptors (Lipinski definition) is 4. The Morgan fingerprint density at radius 2 is 2.19 bits per heavy atom. The number of Topliss-reactive ketones (excluding diaryl/α,β-unsaturated/α-hetero) is 1. The molecule has 1 aromatic carbocycles. The molecule has 0 radical (unpaired) electrons. The van der Waals surface area contributed by atoms with Crippen molar-refractivity contribution < 1.29 is 13.2 Å². The van der Waals surface area contributed by atoms with E-state index in [1.54, 1.807) is 12.1 Å². The molecule has 116 valence electrons. The summed E-state index contributed by atoms with van der Waals surface area (Å²) < 4.78 is 27.6. The highest BCUT2D eigenvalue weighted by molar-refractivity contribution is 7.89. The Morgan fingerprint density at radius 3 is 2.81 bits per heavy atom. The zero-order valence-corrected chi connectivity index (χ0v) is 13.2. The summed E-state index contributed by atoms with van der Waals surface area (Å²) in [5.74, 6) is 0.154. The second kappa shape index (κ2) is 6.68. The number of benzene rings is 1. The van der Waals surface area contributed by atoms with Crippen LogP contribution in [0.4, 0.5) is 0 Å². The minimum Gasteiger partial charge on any atom is -0.316 e. The van der Waals surface area contributed by atoms with Gasteiger partial charge in [-0.2, -0.15) is 0 Å². The smallest absolute Gasteiger partial charge is 0.240 e. The van der Waals surface area contributed by atoms with E-state index in [9.17, 15) is 13.2 Å². The van der Waals surface area contributed by atoms with Gasteiger partial charge in [0.2, 0.25) is 10.0 Å². The predicted octanol–water partition coefficient (Wildman–Crippen LogP) is 1.56. The van der Waals surface area contributed by atoms with Gasteiger partial charge < -0.3 is 5.32 Å². The van der Waals surface area contributed by atoms with E-state index in [0.29, 0.717) is 11.5 Å². The molecule has 0 amide bonds. The topological polar surface area (TPSA) is 75.3 Å². The zero-order chi connectivity index (χ0) is 15.5. The van der Waals surface area contributed by atoms with Gasteiger partial charge in [-0.1, -0.05) is 12.1 Å². The van der Waals surface area contributed by atoms with Crippen LogP contribution in [0, 0.1) is 5.92 Å². The van der Waals surface area contributed by atoms with Crippen molar-refractivity contribution >= 4 is 15.8 Å². The largest absolute Gasteiger partial charge is 0.316 e. The van der Waals surface area contributed by atoms with E-state index >= 15 is 0 Å². The summed E-state index contributed by atoms with van der Waals surface area (Å²) in [4.78, 5) is 11.5. The summed E-state index contributed by atoms with van der Waals surface area (Å²) in [5, 5.41) is 3.29. The van der Waals surface area contributed by atoms with E-state index in [1.165, 1.54) is 19.1 Å². The third-order valence-electron chi connectivity index (χ3n) is 3.93. The molecule has 1 heterocycles. The van der Waals surface area contributed by atoms with Gasteiger partial charge in [0, 0.05) is 11.6 Å². The Bertz CT molecular complexity index is 607. The molecule has 1 fully saturated rings. The van der Waals surface area contributed by atoms with Crippen molar-refractivity contribution in [1.82, 2.24) is 10.0 Å². The molecule has 0 saturated carbocycles. The summed E-state index contributed by atoms with van der Waals surface area (Å²) in [6.07, 6.45) is 2.08. The Hall–Kier alpha value is -1.24. The molecule has 0 aromatic heterocycles. The van der Waals surface area contributed by atoms with Crippen molar-refractivity contribution in [2.24, 2.45) is 5.92 Å². The molecular weight excluding hydrogens is 288 g/mol. The first-order valence-electron chi connectivity index (χ1n) is 7.24. The number of rotatable bonds is 5. The molecule has 1 aliphatic heterocycles. The third kappa shape index (κ3) is 4.12. The fraction of sp³-hybridized carbons (Fsp3) is 0.533. The molecule has 1 aromatic rings. The predicted molar refractivity (Wildman–Crippen MR) is 81.8 cm³/mol. The second-order valence-corrected chi connectivity index (χ2v) is 7.31. The lowest BCUT2D eigenvalue weighted by Crippen LogP contribution is -2.44. The standard InChI is InChI=1S/C15H22N2O3S/c1-11(14-6-4-8-16-10-14)17-21(19,20)15-7-3-5-13(9-15)12(2)18/h3,5,7,9,11,14,16-17H,4,6,8,10H2,1-2H3. The monoisotopic (exact) mass is 310 g/mol. The van der Waals surface area contributed by atoms with Gasteiger partial charge in [-0.05, 0) is 57.8 Å². The number of carbonyl (C=O) groups excluding carboxylic acids is 1. The lowest BCUT2D eigenvalue weighted by atomic mass is 9.94. The van der Waals surface area contributed by atoms with Gasteiger partial charge in [0.1, 0.15) is 0 Å². The van der Waals surface area contributed by atoms with Crippen LogP contribution >= 0.6 is 0 Å². The number of ketones is 1. The molecule has 2 atom stereocenters. The first kappa shape index (κ1) is 16.1. The Balaban J connectivity index is 2.14. The SMILES string of the molecule is CC(=O)c1cccc(S(=O)(=O)NC(C)C2CCCNC2)c1. The van der Waals surface area contributed by atoms with Crippen LogP contribution in [0.1, 0.15) is 37.0 Å². The van der Waals surface area contributed by atoms with Crippen molar-refractivity contribution in [3.8, 4) is 0 Å². The van der Waals surface area contributed by atoms with Gasteiger partial charge in [-0.15, -0.1) is 0 Å². The highest BCUT2D eigenvalue weighted by atomic mass is 32.2. The summed E-state index contributed by atoms with van der Waals surface area (Å²) >= 11 is 0. The molecule has 2 unspecified atom stereocenters. The number of piperidine rings is 1. The summed E-state index contributed by atoms with van der Waals surface area (Å²) in [7, 11) is -3.59. The fourth-order valence-electron chi connectivity index (χ4n) is 2.60. The van der Waals surface area contributed by atoms with Crippen LogP contribution in [-0.2, 0) is 10.0 Å². The van der Waals surface area contributed by atoms with Crippen LogP contribution in [0.5, 0.6) is 0 Å². The summed E-state index contributed by atoms with van der Waals surface area (Å²) in [5.41, 5.74) is 0.407. The third-order valence-corrected chi connectivity index (χ3v) is 5.49. The molecule has 5 nitrogen and oxygen atoms in total. The average molecular weight is 310 g/mol. The molecule has 2 rings (SSSR count). The van der Waals surface area contributed by atoms with Crippen LogP contribution in [0.2, 0.25) is 0 Å². The van der Waals surface area contributed by atoms with Crippen LogP contribution in [0.15, 0.2) is 29.2 Å². The number of carbonyl (C=O) groups is 1. The van der Waals surface area contributed by atoms with Crippen LogP contribution < -0.4 is 10.0 Å². The average Bonchev–Trinajstić information content (AvgIpc) is 2.48. The highest BCUT2D eigenvalue weighted by Crippen LogP contribution is 2.18. The minimum absolute atomic E-state index is 0.135. The maximum absolute atomic E-state index is 12.4. The lowest BCUT2D eigenvalue weighted by Gasteiger charge is -2.28. The minimum atomic E-state index is -3.59. The van der Waals surface area contributed by atoms with E-state index < -0.39 is 10.0 Å². The quantitative estimate of drug-likeness (QED) is 0.809. The Labute approximate surface area is 126 Å². The maximum Gasteiger partial charge on any atom is 0.240 e.